The van der Waals surface area contributed by atoms with E-state index in [-0.39, 0.29) is 16.2 Å². The Morgan fingerprint density at radius 1 is 1.36 bits per heavy atom. The second-order valence-electron chi connectivity index (χ2n) is 7.08. The minimum Gasteiger partial charge on any atom is -0.480 e. The first kappa shape index (κ1) is 21.5. The standard InChI is InChI=1S/C18H21ClFO6P2/c1-18(2)10-24-28(27,25-11-18)17(15-4-3-7-22-15)26-16(21)9-23-14-6-5-12(20)8-13(14)19/h3-8,17H,9-11,27H2,1-2H3/q+1. The van der Waals surface area contributed by atoms with Crippen molar-refractivity contribution in [2.75, 3.05) is 19.8 Å². The molecule has 2 unspecified atom stereocenters. The van der Waals surface area contributed by atoms with E-state index < -0.39 is 31.6 Å². The molecule has 0 N–H and O–H groups in total. The Hall–Kier alpha value is -1.23. The lowest BCUT2D eigenvalue weighted by Crippen LogP contribution is -2.32. The van der Waals surface area contributed by atoms with Gasteiger partial charge in [0.05, 0.1) is 20.2 Å². The molecule has 1 aromatic carbocycles. The zero-order chi connectivity index (χ0) is 20.4. The summed E-state index contributed by atoms with van der Waals surface area (Å²) in [5.74, 6) is -1.43. The molecule has 1 fully saturated rings. The molecule has 1 aliphatic rings. The molecule has 0 amide bonds. The van der Waals surface area contributed by atoms with Gasteiger partial charge in [0.15, 0.2) is 12.4 Å². The number of carbonyl (C=O) groups is 1. The topological polar surface area (TPSA) is 67.1 Å². The SMILES string of the molecule is CC1(C)CO[P+](P)(C(OC(=O)COc2ccc(F)cc2Cl)c2ccco2)OC1. The molecule has 1 aliphatic heterocycles. The highest BCUT2D eigenvalue weighted by molar-refractivity contribution is 8.19. The number of esters is 1. The summed E-state index contributed by atoms with van der Waals surface area (Å²) in [7, 11) is -0.0979. The number of rotatable bonds is 6. The van der Waals surface area contributed by atoms with Crippen LogP contribution in [0.5, 0.6) is 5.75 Å². The lowest BCUT2D eigenvalue weighted by molar-refractivity contribution is -0.149. The van der Waals surface area contributed by atoms with E-state index in [0.717, 1.165) is 6.07 Å². The van der Waals surface area contributed by atoms with Crippen LogP contribution in [0.3, 0.4) is 0 Å². The van der Waals surface area contributed by atoms with Crippen molar-refractivity contribution in [3.8, 4) is 5.75 Å². The predicted molar refractivity (Wildman–Crippen MR) is 107 cm³/mol. The lowest BCUT2D eigenvalue weighted by atomic mass is 9.97. The first-order valence-electron chi connectivity index (χ1n) is 8.46. The van der Waals surface area contributed by atoms with Gasteiger partial charge in [-0.15, -0.1) is 0 Å². The van der Waals surface area contributed by atoms with E-state index in [1.54, 1.807) is 12.1 Å². The quantitative estimate of drug-likeness (QED) is 0.434. The zero-order valence-electron chi connectivity index (χ0n) is 15.4. The van der Waals surface area contributed by atoms with Crippen LogP contribution in [0, 0.1) is 11.2 Å². The van der Waals surface area contributed by atoms with Gasteiger partial charge in [-0.1, -0.05) is 25.4 Å². The van der Waals surface area contributed by atoms with Gasteiger partial charge in [-0.05, 0) is 30.3 Å². The van der Waals surface area contributed by atoms with Gasteiger partial charge < -0.3 is 13.9 Å². The maximum atomic E-state index is 13.1. The second kappa shape index (κ2) is 8.64. The summed E-state index contributed by atoms with van der Waals surface area (Å²) in [6, 6.07) is 7.01. The smallest absolute Gasteiger partial charge is 0.347 e. The highest BCUT2D eigenvalue weighted by Crippen LogP contribution is 2.80. The fraction of sp³-hybridized carbons (Fsp3) is 0.389. The normalized spacial score (nSPS) is 19.0. The molecule has 2 heterocycles. The van der Waals surface area contributed by atoms with Gasteiger partial charge >= 0.3 is 19.2 Å². The van der Waals surface area contributed by atoms with Gasteiger partial charge in [-0.2, -0.15) is 9.05 Å². The minimum absolute atomic E-state index is 0.0616. The highest BCUT2D eigenvalue weighted by Gasteiger charge is 2.56. The fourth-order valence-corrected chi connectivity index (χ4v) is 5.90. The van der Waals surface area contributed by atoms with Crippen LogP contribution in [0.2, 0.25) is 5.02 Å². The Kier molecular flexibility index (Phi) is 6.63. The Morgan fingerprint density at radius 2 is 2.07 bits per heavy atom. The monoisotopic (exact) mass is 449 g/mol. The molecular formula is C18H21ClFO6P2+. The molecule has 6 nitrogen and oxygen atoms in total. The third-order valence-electron chi connectivity index (χ3n) is 3.91. The van der Waals surface area contributed by atoms with E-state index in [0.29, 0.717) is 19.0 Å². The second-order valence-corrected chi connectivity index (χ2v) is 11.9. The molecule has 0 spiro atoms. The molecule has 1 aromatic heterocycles. The summed E-state index contributed by atoms with van der Waals surface area (Å²) in [5.41, 5.74) is -0.139. The number of benzene rings is 1. The molecule has 10 heteroatoms. The Bertz CT molecular complexity index is 819. The molecule has 152 valence electrons. The lowest BCUT2D eigenvalue weighted by Gasteiger charge is -2.35. The van der Waals surface area contributed by atoms with E-state index in [4.69, 9.17) is 34.5 Å². The summed E-state index contributed by atoms with van der Waals surface area (Å²) < 4.78 is 41.4. The van der Waals surface area contributed by atoms with E-state index in [9.17, 15) is 9.18 Å². The number of furan rings is 1. The molecule has 28 heavy (non-hydrogen) atoms. The van der Waals surface area contributed by atoms with Crippen molar-refractivity contribution in [3.05, 3.63) is 53.2 Å². The first-order valence-corrected chi connectivity index (χ1v) is 12.1. The van der Waals surface area contributed by atoms with E-state index in [1.165, 1.54) is 18.4 Å². The molecule has 0 radical (unpaired) electrons. The maximum Gasteiger partial charge on any atom is 0.347 e. The Labute approximate surface area is 170 Å². The summed E-state index contributed by atoms with van der Waals surface area (Å²) >= 11 is 5.90. The third-order valence-corrected chi connectivity index (χ3v) is 7.99. The summed E-state index contributed by atoms with van der Waals surface area (Å²) in [4.78, 5) is 12.4. The van der Waals surface area contributed by atoms with Crippen molar-refractivity contribution in [2.24, 2.45) is 5.41 Å². The number of hydrogen-bond acceptors (Lipinski definition) is 6. The van der Waals surface area contributed by atoms with Crippen LogP contribution in [-0.2, 0) is 18.6 Å². The average molecular weight is 450 g/mol. The van der Waals surface area contributed by atoms with Gasteiger partial charge in [-0.3, -0.25) is 0 Å². The van der Waals surface area contributed by atoms with Crippen LogP contribution in [0.15, 0.2) is 41.0 Å². The number of hydrogen-bond donors (Lipinski definition) is 0. The molecule has 2 aromatic rings. The average Bonchev–Trinajstić information content (AvgIpc) is 3.16. The molecule has 0 aliphatic carbocycles. The van der Waals surface area contributed by atoms with Crippen molar-refractivity contribution in [1.82, 2.24) is 0 Å². The van der Waals surface area contributed by atoms with Gasteiger partial charge in [0.25, 0.3) is 0 Å². The molecule has 0 bridgehead atoms. The number of ether oxygens (including phenoxy) is 2. The van der Waals surface area contributed by atoms with E-state index >= 15 is 0 Å². The summed E-state index contributed by atoms with van der Waals surface area (Å²) in [6.07, 6.45) is 1.48. The van der Waals surface area contributed by atoms with Crippen LogP contribution in [0.1, 0.15) is 25.5 Å². The van der Waals surface area contributed by atoms with E-state index in [1.807, 2.05) is 13.8 Å². The maximum absolute atomic E-state index is 13.1. The predicted octanol–water partition coefficient (Wildman–Crippen LogP) is 5.40. The Balaban J connectivity index is 1.69. The van der Waals surface area contributed by atoms with Crippen molar-refractivity contribution < 1.29 is 32.1 Å². The third kappa shape index (κ3) is 5.22. The van der Waals surface area contributed by atoms with Crippen LogP contribution in [0.25, 0.3) is 0 Å². The van der Waals surface area contributed by atoms with Crippen LogP contribution in [-0.4, -0.2) is 25.8 Å². The van der Waals surface area contributed by atoms with Gasteiger partial charge in [-0.25, -0.2) is 9.18 Å². The number of carbonyl (C=O) groups excluding carboxylic acids is 1. The Morgan fingerprint density at radius 3 is 2.68 bits per heavy atom. The van der Waals surface area contributed by atoms with E-state index in [2.05, 4.69) is 8.93 Å². The van der Waals surface area contributed by atoms with Gasteiger partial charge in [0.2, 0.25) is 0 Å². The summed E-state index contributed by atoms with van der Waals surface area (Å²) in [5, 5.41) is 0.0616. The highest BCUT2D eigenvalue weighted by atomic mass is 35.5. The van der Waals surface area contributed by atoms with Crippen LogP contribution in [0.4, 0.5) is 4.39 Å². The minimum atomic E-state index is -2.66. The molecule has 1 saturated heterocycles. The zero-order valence-corrected chi connectivity index (χ0v) is 18.2. The van der Waals surface area contributed by atoms with Crippen molar-refractivity contribution in [3.63, 3.8) is 0 Å². The van der Waals surface area contributed by atoms with Crippen LogP contribution >= 0.6 is 27.9 Å². The molecule has 3 rings (SSSR count). The fourth-order valence-electron chi connectivity index (χ4n) is 2.39. The van der Waals surface area contributed by atoms with Crippen LogP contribution < -0.4 is 4.74 Å². The van der Waals surface area contributed by atoms with Gasteiger partial charge in [0, 0.05) is 5.41 Å². The van der Waals surface area contributed by atoms with Crippen molar-refractivity contribution >= 4 is 33.9 Å². The van der Waals surface area contributed by atoms with Crippen molar-refractivity contribution in [2.45, 2.75) is 19.7 Å². The number of halogens is 2. The molecular weight excluding hydrogens is 429 g/mol. The first-order chi connectivity index (χ1) is 13.2. The largest absolute Gasteiger partial charge is 0.480 e. The molecule has 0 saturated carbocycles. The summed E-state index contributed by atoms with van der Waals surface area (Å²) in [6.45, 7) is 4.55. The molecule has 2 atom stereocenters. The van der Waals surface area contributed by atoms with Crippen molar-refractivity contribution in [1.29, 1.82) is 0 Å². The van der Waals surface area contributed by atoms with Gasteiger partial charge in [0.1, 0.15) is 24.8 Å².